The Labute approximate surface area is 161 Å². The number of aromatic nitrogens is 1. The first-order valence-electron chi connectivity index (χ1n) is 9.51. The molecule has 1 saturated carbocycles. The number of benzene rings is 2. The van der Waals surface area contributed by atoms with Gasteiger partial charge in [-0.1, -0.05) is 11.2 Å². The molecule has 0 amide bonds. The summed E-state index contributed by atoms with van der Waals surface area (Å²) in [5.41, 5.74) is 1.25. The maximum absolute atomic E-state index is 12.4. The van der Waals surface area contributed by atoms with Crippen LogP contribution in [0.1, 0.15) is 50.6 Å². The second-order valence-corrected chi connectivity index (χ2v) is 7.32. The van der Waals surface area contributed by atoms with Crippen LogP contribution < -0.4 is 4.74 Å². The van der Waals surface area contributed by atoms with Gasteiger partial charge in [0.25, 0.3) is 0 Å². The first-order valence-corrected chi connectivity index (χ1v) is 9.51. The molecule has 0 N–H and O–H groups in total. The molecule has 1 unspecified atom stereocenters. The van der Waals surface area contributed by atoms with Gasteiger partial charge in [-0.3, -0.25) is 9.59 Å². The summed E-state index contributed by atoms with van der Waals surface area (Å²) in [6.07, 6.45) is 2.05. The van der Waals surface area contributed by atoms with Crippen LogP contribution >= 0.6 is 0 Å². The number of fused-ring (bicyclic) bond motifs is 3. The van der Waals surface area contributed by atoms with Crippen LogP contribution in [-0.4, -0.2) is 29.1 Å². The van der Waals surface area contributed by atoms with Gasteiger partial charge in [0, 0.05) is 12.8 Å². The molecule has 6 nitrogen and oxygen atoms in total. The lowest BCUT2D eigenvalue weighted by molar-refractivity contribution is -0.130. The van der Waals surface area contributed by atoms with Gasteiger partial charge in [-0.05, 0) is 54.8 Å². The van der Waals surface area contributed by atoms with Crippen molar-refractivity contribution in [3.8, 4) is 5.75 Å². The van der Waals surface area contributed by atoms with Gasteiger partial charge < -0.3 is 14.1 Å². The molecule has 4 rings (SSSR count). The van der Waals surface area contributed by atoms with Crippen molar-refractivity contribution in [1.82, 2.24) is 5.16 Å². The first kappa shape index (κ1) is 18.3. The molecular weight excluding hydrogens is 358 g/mol. The van der Waals surface area contributed by atoms with Crippen molar-refractivity contribution < 1.29 is 23.6 Å². The Hall–Kier alpha value is -3.02. The van der Waals surface area contributed by atoms with Gasteiger partial charge in [0.15, 0.2) is 5.58 Å². The Morgan fingerprint density at radius 3 is 2.89 bits per heavy atom. The van der Waals surface area contributed by atoms with Crippen molar-refractivity contribution in [2.75, 3.05) is 6.61 Å². The van der Waals surface area contributed by atoms with Crippen LogP contribution in [0.15, 0.2) is 34.9 Å². The molecule has 1 aliphatic rings. The molecule has 0 aliphatic heterocycles. The molecule has 1 atom stereocenters. The Balaban J connectivity index is 1.65. The van der Waals surface area contributed by atoms with Gasteiger partial charge in [-0.2, -0.15) is 0 Å². The largest absolute Gasteiger partial charge is 0.494 e. The Kier molecular flexibility index (Phi) is 4.94. The summed E-state index contributed by atoms with van der Waals surface area (Å²) in [6.45, 7) is 2.06. The van der Waals surface area contributed by atoms with Crippen molar-refractivity contribution in [2.24, 2.45) is 0 Å². The van der Waals surface area contributed by atoms with Crippen LogP contribution in [0, 0.1) is 0 Å². The molecule has 1 fully saturated rings. The average molecular weight is 379 g/mol. The number of Topliss-reactive ketones (excluding diaryl/α,β-unsaturated/α-hetero) is 3. The van der Waals surface area contributed by atoms with Crippen molar-refractivity contribution in [3.05, 3.63) is 36.0 Å². The molecule has 1 aromatic heterocycles. The van der Waals surface area contributed by atoms with E-state index in [-0.39, 0.29) is 23.8 Å². The van der Waals surface area contributed by atoms with Crippen LogP contribution in [0.4, 0.5) is 0 Å². The third-order valence-corrected chi connectivity index (χ3v) is 5.20. The molecule has 6 heteroatoms. The molecule has 144 valence electrons. The monoisotopic (exact) mass is 379 g/mol. The number of hydrogen-bond donors (Lipinski definition) is 0. The number of hydrogen-bond acceptors (Lipinski definition) is 6. The number of rotatable bonds is 6. The molecule has 0 spiro atoms. The zero-order valence-corrected chi connectivity index (χ0v) is 15.7. The summed E-state index contributed by atoms with van der Waals surface area (Å²) in [5, 5.41) is 6.90. The van der Waals surface area contributed by atoms with Gasteiger partial charge in [0.05, 0.1) is 24.3 Å². The molecule has 3 aromatic rings. The average Bonchev–Trinajstić information content (AvgIpc) is 3.09. The van der Waals surface area contributed by atoms with Gasteiger partial charge in [-0.15, -0.1) is 0 Å². The van der Waals surface area contributed by atoms with E-state index in [9.17, 15) is 14.4 Å². The quantitative estimate of drug-likeness (QED) is 0.473. The predicted molar refractivity (Wildman–Crippen MR) is 104 cm³/mol. The molecule has 0 saturated heterocycles. The number of carbonyl (C=O) groups is 3. The van der Waals surface area contributed by atoms with Crippen LogP contribution in [0.2, 0.25) is 0 Å². The number of carbonyl (C=O) groups excluding carboxylic acids is 3. The summed E-state index contributed by atoms with van der Waals surface area (Å²) in [5.74, 6) is 0.391. The number of ether oxygens (including phenoxy) is 1. The summed E-state index contributed by atoms with van der Waals surface area (Å²) in [6, 6.07) is 9.52. The highest BCUT2D eigenvalue weighted by Crippen LogP contribution is 2.37. The fourth-order valence-corrected chi connectivity index (χ4v) is 3.77. The van der Waals surface area contributed by atoms with Crippen LogP contribution in [0.3, 0.4) is 0 Å². The topological polar surface area (TPSA) is 86.5 Å². The van der Waals surface area contributed by atoms with E-state index >= 15 is 0 Å². The minimum Gasteiger partial charge on any atom is -0.494 e. The third-order valence-electron chi connectivity index (χ3n) is 5.20. The minimum atomic E-state index is -0.396. The lowest BCUT2D eigenvalue weighted by Gasteiger charge is -2.18. The summed E-state index contributed by atoms with van der Waals surface area (Å²) in [4.78, 5) is 35.0. The fraction of sp³-hybridized carbons (Fsp3) is 0.364. The van der Waals surface area contributed by atoms with E-state index in [0.29, 0.717) is 43.6 Å². The standard InChI is InChI=1S/C22H21NO5/c1-13(24)3-2-10-27-16-6-8-17-14(11-16)4-9-20-21(17)22(23-28-20)18-7-5-15(25)12-19(18)26/h4,6,8-9,11,18H,2-3,5,7,10,12H2,1H3. The van der Waals surface area contributed by atoms with E-state index in [1.54, 1.807) is 6.92 Å². The van der Waals surface area contributed by atoms with E-state index in [0.717, 1.165) is 21.9 Å². The zero-order valence-electron chi connectivity index (χ0n) is 15.7. The van der Waals surface area contributed by atoms with Crippen molar-refractivity contribution in [2.45, 2.75) is 44.9 Å². The van der Waals surface area contributed by atoms with E-state index in [1.165, 1.54) is 0 Å². The Bertz CT molecular complexity index is 1080. The molecular formula is C22H21NO5. The van der Waals surface area contributed by atoms with Crippen LogP contribution in [-0.2, 0) is 14.4 Å². The Morgan fingerprint density at radius 1 is 1.25 bits per heavy atom. The second kappa shape index (κ2) is 7.54. The van der Waals surface area contributed by atoms with Gasteiger partial charge in [0.2, 0.25) is 0 Å². The summed E-state index contributed by atoms with van der Waals surface area (Å²) >= 11 is 0. The van der Waals surface area contributed by atoms with Crippen LogP contribution in [0.5, 0.6) is 5.75 Å². The first-order chi connectivity index (χ1) is 13.5. The van der Waals surface area contributed by atoms with E-state index in [2.05, 4.69) is 5.16 Å². The molecule has 0 radical (unpaired) electrons. The Morgan fingerprint density at radius 2 is 2.11 bits per heavy atom. The molecule has 0 bridgehead atoms. The molecule has 1 heterocycles. The lowest BCUT2D eigenvalue weighted by atomic mass is 9.83. The smallest absolute Gasteiger partial charge is 0.167 e. The molecule has 1 aliphatic carbocycles. The highest BCUT2D eigenvalue weighted by atomic mass is 16.5. The van der Waals surface area contributed by atoms with Gasteiger partial charge in [-0.25, -0.2) is 0 Å². The molecule has 2 aromatic carbocycles. The maximum Gasteiger partial charge on any atom is 0.167 e. The molecule has 28 heavy (non-hydrogen) atoms. The lowest BCUT2D eigenvalue weighted by Crippen LogP contribution is -2.23. The summed E-state index contributed by atoms with van der Waals surface area (Å²) < 4.78 is 11.2. The second-order valence-electron chi connectivity index (χ2n) is 7.32. The van der Waals surface area contributed by atoms with Gasteiger partial charge in [0.1, 0.15) is 28.8 Å². The maximum atomic E-state index is 12.4. The minimum absolute atomic E-state index is 0.00882. The SMILES string of the molecule is CC(=O)CCCOc1ccc2c(ccc3onc(C4CCC(=O)CC4=O)c32)c1. The summed E-state index contributed by atoms with van der Waals surface area (Å²) in [7, 11) is 0. The fourth-order valence-electron chi connectivity index (χ4n) is 3.77. The van der Waals surface area contributed by atoms with E-state index in [4.69, 9.17) is 9.26 Å². The van der Waals surface area contributed by atoms with Crippen molar-refractivity contribution in [3.63, 3.8) is 0 Å². The zero-order chi connectivity index (χ0) is 19.7. The van der Waals surface area contributed by atoms with E-state index < -0.39 is 5.92 Å². The normalized spacial score (nSPS) is 17.4. The van der Waals surface area contributed by atoms with E-state index in [1.807, 2.05) is 30.3 Å². The highest BCUT2D eigenvalue weighted by molar-refractivity contribution is 6.11. The van der Waals surface area contributed by atoms with Crippen molar-refractivity contribution in [1.29, 1.82) is 0 Å². The third kappa shape index (κ3) is 3.54. The highest BCUT2D eigenvalue weighted by Gasteiger charge is 2.32. The van der Waals surface area contributed by atoms with Crippen molar-refractivity contribution >= 4 is 39.1 Å². The number of ketones is 3. The predicted octanol–water partition coefficient (Wildman–Crippen LogP) is 4.13. The van der Waals surface area contributed by atoms with Crippen LogP contribution in [0.25, 0.3) is 21.7 Å². The van der Waals surface area contributed by atoms with Gasteiger partial charge >= 0.3 is 0 Å². The number of nitrogens with zero attached hydrogens (tertiary/aromatic N) is 1.